The van der Waals surface area contributed by atoms with Crippen LogP contribution in [0.25, 0.3) is 0 Å². The van der Waals surface area contributed by atoms with Gasteiger partial charge in [-0.2, -0.15) is 0 Å². The summed E-state index contributed by atoms with van der Waals surface area (Å²) in [6, 6.07) is 5.37. The highest BCUT2D eigenvalue weighted by Gasteiger charge is 2.04. The van der Waals surface area contributed by atoms with Gasteiger partial charge in [-0.3, -0.25) is 0 Å². The molecule has 0 spiro atoms. The molecule has 0 amide bonds. The van der Waals surface area contributed by atoms with Gasteiger partial charge in [-0.05, 0) is 24.6 Å². The summed E-state index contributed by atoms with van der Waals surface area (Å²) in [7, 11) is 0. The van der Waals surface area contributed by atoms with Gasteiger partial charge >= 0.3 is 0 Å². The van der Waals surface area contributed by atoms with Crippen LogP contribution in [-0.4, -0.2) is 9.55 Å². The highest BCUT2D eigenvalue weighted by molar-refractivity contribution is 6.35. The molecule has 2 aromatic rings. The van der Waals surface area contributed by atoms with Gasteiger partial charge in [0.25, 0.3) is 0 Å². The lowest BCUT2D eigenvalue weighted by molar-refractivity contribution is 0.644. The van der Waals surface area contributed by atoms with Crippen LogP contribution in [0.1, 0.15) is 19.2 Å². The summed E-state index contributed by atoms with van der Waals surface area (Å²) in [6.07, 6.45) is 4.88. The minimum atomic E-state index is 0.632. The number of hydrogen-bond donors (Lipinski definition) is 1. The Morgan fingerprint density at radius 2 is 2.17 bits per heavy atom. The molecule has 0 aliphatic carbocycles. The Kier molecular flexibility index (Phi) is 4.50. The Morgan fingerprint density at radius 3 is 2.94 bits per heavy atom. The summed E-state index contributed by atoms with van der Waals surface area (Å²) in [4.78, 5) is 4.33. The first-order valence-corrected chi connectivity index (χ1v) is 6.65. The zero-order valence-electron chi connectivity index (χ0n) is 10.2. The Morgan fingerprint density at radius 1 is 1.33 bits per heavy atom. The van der Waals surface area contributed by atoms with Gasteiger partial charge in [0.1, 0.15) is 5.82 Å². The van der Waals surface area contributed by atoms with Crippen molar-refractivity contribution in [2.75, 3.05) is 5.32 Å². The molecule has 5 heteroatoms. The lowest BCUT2D eigenvalue weighted by atomic mass is 10.3. The SMILES string of the molecule is CCCn1ccnc1CNc1cc(Cl)ccc1Cl. The van der Waals surface area contributed by atoms with E-state index in [1.54, 1.807) is 12.1 Å². The number of nitrogens with one attached hydrogen (secondary N) is 1. The maximum atomic E-state index is 6.09. The average Bonchev–Trinajstić information content (AvgIpc) is 2.78. The maximum Gasteiger partial charge on any atom is 0.128 e. The van der Waals surface area contributed by atoms with Gasteiger partial charge in [0.05, 0.1) is 17.3 Å². The van der Waals surface area contributed by atoms with E-state index in [1.165, 1.54) is 0 Å². The summed E-state index contributed by atoms with van der Waals surface area (Å²) in [6.45, 7) is 3.75. The fourth-order valence-corrected chi connectivity index (χ4v) is 2.12. The first kappa shape index (κ1) is 13.2. The Labute approximate surface area is 117 Å². The van der Waals surface area contributed by atoms with Crippen molar-refractivity contribution in [1.29, 1.82) is 0 Å². The number of hydrogen-bond acceptors (Lipinski definition) is 2. The van der Waals surface area contributed by atoms with Crippen molar-refractivity contribution < 1.29 is 0 Å². The molecule has 0 bridgehead atoms. The van der Waals surface area contributed by atoms with Crippen LogP contribution in [-0.2, 0) is 13.1 Å². The third-order valence-electron chi connectivity index (χ3n) is 2.63. The quantitative estimate of drug-likeness (QED) is 0.891. The second-order valence-corrected chi connectivity index (χ2v) is 4.86. The third-order valence-corrected chi connectivity index (χ3v) is 3.20. The van der Waals surface area contributed by atoms with Crippen molar-refractivity contribution >= 4 is 28.9 Å². The van der Waals surface area contributed by atoms with Gasteiger partial charge in [-0.1, -0.05) is 30.1 Å². The van der Waals surface area contributed by atoms with Crippen LogP contribution >= 0.6 is 23.2 Å². The normalized spacial score (nSPS) is 10.6. The molecule has 0 fully saturated rings. The molecular weight excluding hydrogens is 269 g/mol. The van der Waals surface area contributed by atoms with Crippen LogP contribution in [0.3, 0.4) is 0 Å². The summed E-state index contributed by atoms with van der Waals surface area (Å²) in [5.41, 5.74) is 0.829. The lowest BCUT2D eigenvalue weighted by Gasteiger charge is -2.10. The number of imidazole rings is 1. The van der Waals surface area contributed by atoms with E-state index >= 15 is 0 Å². The molecule has 1 N–H and O–H groups in total. The average molecular weight is 284 g/mol. The van der Waals surface area contributed by atoms with E-state index in [0.29, 0.717) is 16.6 Å². The Hall–Kier alpha value is -1.19. The zero-order chi connectivity index (χ0) is 13.0. The number of benzene rings is 1. The number of aryl methyl sites for hydroxylation is 1. The van der Waals surface area contributed by atoms with Crippen LogP contribution in [0.4, 0.5) is 5.69 Å². The van der Waals surface area contributed by atoms with Crippen molar-refractivity contribution in [3.05, 3.63) is 46.5 Å². The molecule has 1 aromatic heterocycles. The van der Waals surface area contributed by atoms with E-state index in [2.05, 4.69) is 21.8 Å². The monoisotopic (exact) mass is 283 g/mol. The van der Waals surface area contributed by atoms with Crippen molar-refractivity contribution in [1.82, 2.24) is 9.55 Å². The molecule has 18 heavy (non-hydrogen) atoms. The summed E-state index contributed by atoms with van der Waals surface area (Å²) < 4.78 is 2.13. The summed E-state index contributed by atoms with van der Waals surface area (Å²) in [5, 5.41) is 4.58. The van der Waals surface area contributed by atoms with Crippen molar-refractivity contribution in [3.8, 4) is 0 Å². The minimum absolute atomic E-state index is 0.632. The molecule has 0 saturated heterocycles. The predicted molar refractivity (Wildman–Crippen MR) is 76.3 cm³/mol. The van der Waals surface area contributed by atoms with Gasteiger partial charge in [0, 0.05) is 24.0 Å². The van der Waals surface area contributed by atoms with Crippen molar-refractivity contribution in [2.45, 2.75) is 26.4 Å². The number of nitrogens with zero attached hydrogens (tertiary/aromatic N) is 2. The Bertz CT molecular complexity index is 523. The van der Waals surface area contributed by atoms with Crippen LogP contribution in [0.2, 0.25) is 10.0 Å². The molecule has 1 heterocycles. The Balaban J connectivity index is 2.06. The second kappa shape index (κ2) is 6.12. The zero-order valence-corrected chi connectivity index (χ0v) is 11.7. The van der Waals surface area contributed by atoms with Crippen LogP contribution in [0, 0.1) is 0 Å². The van der Waals surface area contributed by atoms with Gasteiger partial charge in [-0.25, -0.2) is 4.98 Å². The van der Waals surface area contributed by atoms with Gasteiger partial charge in [0.2, 0.25) is 0 Å². The smallest absolute Gasteiger partial charge is 0.128 e. The van der Waals surface area contributed by atoms with E-state index in [4.69, 9.17) is 23.2 Å². The van der Waals surface area contributed by atoms with E-state index in [-0.39, 0.29) is 0 Å². The van der Waals surface area contributed by atoms with Gasteiger partial charge in [0.15, 0.2) is 0 Å². The topological polar surface area (TPSA) is 29.9 Å². The molecule has 2 rings (SSSR count). The van der Waals surface area contributed by atoms with Gasteiger partial charge < -0.3 is 9.88 Å². The largest absolute Gasteiger partial charge is 0.377 e. The first-order valence-electron chi connectivity index (χ1n) is 5.89. The van der Waals surface area contributed by atoms with E-state index in [1.807, 2.05) is 18.5 Å². The predicted octanol–water partition coefficient (Wildman–Crippen LogP) is 4.21. The first-order chi connectivity index (χ1) is 8.70. The van der Waals surface area contributed by atoms with Crippen LogP contribution in [0.5, 0.6) is 0 Å². The lowest BCUT2D eigenvalue weighted by Crippen LogP contribution is -2.08. The van der Waals surface area contributed by atoms with Crippen molar-refractivity contribution in [3.63, 3.8) is 0 Å². The highest BCUT2D eigenvalue weighted by atomic mass is 35.5. The molecule has 0 radical (unpaired) electrons. The van der Waals surface area contributed by atoms with E-state index in [0.717, 1.165) is 24.5 Å². The van der Waals surface area contributed by atoms with E-state index in [9.17, 15) is 0 Å². The number of aromatic nitrogens is 2. The van der Waals surface area contributed by atoms with Gasteiger partial charge in [-0.15, -0.1) is 0 Å². The fourth-order valence-electron chi connectivity index (χ4n) is 1.76. The fraction of sp³-hybridized carbons (Fsp3) is 0.308. The second-order valence-electron chi connectivity index (χ2n) is 4.01. The third kappa shape index (κ3) is 3.18. The molecule has 3 nitrogen and oxygen atoms in total. The van der Waals surface area contributed by atoms with Crippen molar-refractivity contribution in [2.24, 2.45) is 0 Å². The molecule has 0 aliphatic heterocycles. The molecule has 0 aliphatic rings. The van der Waals surface area contributed by atoms with E-state index < -0.39 is 0 Å². The van der Waals surface area contributed by atoms with Crippen LogP contribution in [0.15, 0.2) is 30.6 Å². The summed E-state index contributed by atoms with van der Waals surface area (Å²) in [5.74, 6) is 0.993. The molecule has 0 unspecified atom stereocenters. The maximum absolute atomic E-state index is 6.09. The molecule has 96 valence electrons. The molecule has 1 aromatic carbocycles. The number of anilines is 1. The number of rotatable bonds is 5. The minimum Gasteiger partial charge on any atom is -0.377 e. The molecule has 0 atom stereocenters. The molecular formula is C13H15Cl2N3. The van der Waals surface area contributed by atoms with Crippen LogP contribution < -0.4 is 5.32 Å². The summed E-state index contributed by atoms with van der Waals surface area (Å²) >= 11 is 12.0. The highest BCUT2D eigenvalue weighted by Crippen LogP contribution is 2.25. The molecule has 0 saturated carbocycles. The standard InChI is InChI=1S/C13H15Cl2N3/c1-2-6-18-7-5-16-13(18)9-17-12-8-10(14)3-4-11(12)15/h3-5,7-8,17H,2,6,9H2,1H3. The number of halogens is 2.